The molecule has 0 radical (unpaired) electrons. The molecule has 91 heavy (non-hydrogen) atoms. The first-order valence-corrected chi connectivity index (χ1v) is 35.9. The Morgan fingerprint density at radius 2 is 0.593 bits per heavy atom. The largest absolute Gasteiger partial charge is 0.477 e. The molecular formula is C82H132NO8+. The predicted molar refractivity (Wildman–Crippen MR) is 391 cm³/mol. The molecule has 0 aromatic carbocycles. The molecule has 9 nitrogen and oxygen atoms in total. The normalized spacial score (nSPS) is 13.8. The summed E-state index contributed by atoms with van der Waals surface area (Å²) >= 11 is 0. The summed E-state index contributed by atoms with van der Waals surface area (Å²) in [6, 6.07) is 0. The molecule has 0 saturated carbocycles. The first-order chi connectivity index (χ1) is 44.6. The van der Waals surface area contributed by atoms with Crippen molar-refractivity contribution in [3.05, 3.63) is 182 Å². The Balaban J connectivity index is 4.21. The van der Waals surface area contributed by atoms with Crippen LogP contribution in [0.5, 0.6) is 0 Å². The maximum Gasteiger partial charge on any atom is 0.361 e. The Kier molecular flexibility index (Phi) is 65.9. The van der Waals surface area contributed by atoms with E-state index in [1.165, 1.54) is 77.0 Å². The first kappa shape index (κ1) is 85.4. The molecule has 0 saturated heterocycles. The van der Waals surface area contributed by atoms with Crippen molar-refractivity contribution in [3.8, 4) is 0 Å². The number of allylic oxidation sites excluding steroid dienone is 30. The minimum atomic E-state index is -1.53. The average Bonchev–Trinajstić information content (AvgIpc) is 3.46. The zero-order valence-corrected chi connectivity index (χ0v) is 58.4. The van der Waals surface area contributed by atoms with Gasteiger partial charge in [0.1, 0.15) is 13.2 Å². The highest BCUT2D eigenvalue weighted by Crippen LogP contribution is 2.16. The third-order valence-corrected chi connectivity index (χ3v) is 14.7. The van der Waals surface area contributed by atoms with Crippen LogP contribution in [0.4, 0.5) is 0 Å². The number of ether oxygens (including phenoxy) is 4. The number of esters is 2. The van der Waals surface area contributed by atoms with Gasteiger partial charge in [0, 0.05) is 12.8 Å². The van der Waals surface area contributed by atoms with E-state index in [1.54, 1.807) is 0 Å². The van der Waals surface area contributed by atoms with Crippen molar-refractivity contribution in [1.82, 2.24) is 0 Å². The van der Waals surface area contributed by atoms with Crippen molar-refractivity contribution in [1.29, 1.82) is 0 Å². The number of carboxylic acid groups (broad SMARTS) is 1. The van der Waals surface area contributed by atoms with Gasteiger partial charge < -0.3 is 28.5 Å². The summed E-state index contributed by atoms with van der Waals surface area (Å²) in [4.78, 5) is 37.7. The Hall–Kier alpha value is -5.61. The molecule has 0 aromatic heterocycles. The van der Waals surface area contributed by atoms with Crippen LogP contribution in [-0.2, 0) is 33.3 Å². The van der Waals surface area contributed by atoms with Crippen LogP contribution >= 0.6 is 0 Å². The van der Waals surface area contributed by atoms with Crippen LogP contribution in [0.1, 0.15) is 258 Å². The summed E-state index contributed by atoms with van der Waals surface area (Å²) in [5.41, 5.74) is 0. The van der Waals surface area contributed by atoms with E-state index in [9.17, 15) is 19.5 Å². The number of carbonyl (C=O) groups excluding carboxylic acids is 2. The first-order valence-electron chi connectivity index (χ1n) is 35.9. The Bertz CT molecular complexity index is 2150. The number of carbonyl (C=O) groups is 3. The number of unbranched alkanes of at least 4 members (excludes halogenated alkanes) is 19. The van der Waals surface area contributed by atoms with Crippen molar-refractivity contribution in [2.75, 3.05) is 47.5 Å². The van der Waals surface area contributed by atoms with Gasteiger partial charge in [-0.3, -0.25) is 9.59 Å². The fourth-order valence-electron chi connectivity index (χ4n) is 9.25. The Labute approximate surface area is 558 Å². The second-order valence-electron chi connectivity index (χ2n) is 24.4. The average molecular weight is 1260 g/mol. The molecule has 0 bridgehead atoms. The van der Waals surface area contributed by atoms with Gasteiger partial charge in [-0.15, -0.1) is 0 Å². The van der Waals surface area contributed by atoms with Gasteiger partial charge in [-0.2, -0.15) is 0 Å². The van der Waals surface area contributed by atoms with Gasteiger partial charge >= 0.3 is 17.9 Å². The van der Waals surface area contributed by atoms with Gasteiger partial charge in [-0.05, 0) is 135 Å². The predicted octanol–water partition coefficient (Wildman–Crippen LogP) is 22.8. The van der Waals surface area contributed by atoms with Gasteiger partial charge in [-0.1, -0.05) is 292 Å². The summed E-state index contributed by atoms with van der Waals surface area (Å²) < 4.78 is 23.0. The minimum absolute atomic E-state index is 0.176. The summed E-state index contributed by atoms with van der Waals surface area (Å²) in [5, 5.41) is 9.76. The lowest BCUT2D eigenvalue weighted by Crippen LogP contribution is -2.40. The van der Waals surface area contributed by atoms with E-state index >= 15 is 0 Å². The summed E-state index contributed by atoms with van der Waals surface area (Å²) in [7, 11) is 5.96. The molecule has 2 unspecified atom stereocenters. The van der Waals surface area contributed by atoms with Gasteiger partial charge in [0.05, 0.1) is 34.4 Å². The van der Waals surface area contributed by atoms with Crippen molar-refractivity contribution < 1.29 is 42.9 Å². The van der Waals surface area contributed by atoms with E-state index in [1.807, 2.05) is 21.1 Å². The van der Waals surface area contributed by atoms with Crippen molar-refractivity contribution in [2.45, 2.75) is 270 Å². The molecular weight excluding hydrogens is 1130 g/mol. The molecule has 512 valence electrons. The number of hydrogen-bond acceptors (Lipinski definition) is 7. The maximum absolute atomic E-state index is 13.0. The minimum Gasteiger partial charge on any atom is -0.477 e. The highest BCUT2D eigenvalue weighted by atomic mass is 16.7. The molecule has 0 heterocycles. The Morgan fingerprint density at radius 3 is 0.879 bits per heavy atom. The highest BCUT2D eigenvalue weighted by molar-refractivity contribution is 5.71. The van der Waals surface area contributed by atoms with Crippen LogP contribution in [-0.4, -0.2) is 87.4 Å². The van der Waals surface area contributed by atoms with E-state index in [0.717, 1.165) is 148 Å². The lowest BCUT2D eigenvalue weighted by atomic mass is 10.0. The molecule has 0 spiro atoms. The molecule has 0 fully saturated rings. The highest BCUT2D eigenvalue weighted by Gasteiger charge is 2.25. The van der Waals surface area contributed by atoms with E-state index in [-0.39, 0.29) is 38.6 Å². The number of nitrogens with zero attached hydrogens (tertiary/aromatic N) is 1. The molecule has 2 atom stereocenters. The molecule has 0 rings (SSSR count). The molecule has 0 aliphatic carbocycles. The van der Waals surface area contributed by atoms with Gasteiger partial charge in [0.2, 0.25) is 0 Å². The lowest BCUT2D eigenvalue weighted by molar-refractivity contribution is -0.870. The zero-order valence-electron chi connectivity index (χ0n) is 58.4. The van der Waals surface area contributed by atoms with Crippen molar-refractivity contribution in [3.63, 3.8) is 0 Å². The third kappa shape index (κ3) is 71.7. The SMILES string of the molecule is CC/C=C\C/C=C\C/C=C\C/C=C\C/C=C\C/C=C\C/C=C\C/C=C\CCCCCCCCCCC(=O)OC(COC(=O)CCCCCCCCCCCCC/C=C\C/C=C\C/C=C\C/C=C\C/C=C\C/C=C\C/C=C\CC)COC(OCC[N+](C)(C)C)C(=O)O. The second kappa shape index (κ2) is 70.3. The number of hydrogen-bond donors (Lipinski definition) is 1. The van der Waals surface area contributed by atoms with Gasteiger partial charge in [-0.25, -0.2) is 4.79 Å². The fourth-order valence-corrected chi connectivity index (χ4v) is 9.25. The Morgan fingerprint density at radius 1 is 0.330 bits per heavy atom. The molecule has 0 aliphatic rings. The number of rotatable bonds is 64. The monoisotopic (exact) mass is 1260 g/mol. The number of quaternary nitrogens is 1. The van der Waals surface area contributed by atoms with Crippen LogP contribution in [0.15, 0.2) is 182 Å². The molecule has 1 N–H and O–H groups in total. The van der Waals surface area contributed by atoms with Gasteiger partial charge in [0.25, 0.3) is 6.29 Å². The second-order valence-corrected chi connectivity index (χ2v) is 24.4. The maximum atomic E-state index is 13.0. The van der Waals surface area contributed by atoms with E-state index in [4.69, 9.17) is 18.9 Å². The number of aliphatic carboxylic acids is 1. The lowest BCUT2D eigenvalue weighted by Gasteiger charge is -2.25. The van der Waals surface area contributed by atoms with E-state index < -0.39 is 24.3 Å². The summed E-state index contributed by atoms with van der Waals surface area (Å²) in [6.45, 7) is 4.62. The van der Waals surface area contributed by atoms with Crippen LogP contribution in [0, 0.1) is 0 Å². The third-order valence-electron chi connectivity index (χ3n) is 14.7. The van der Waals surface area contributed by atoms with Gasteiger partial charge in [0.15, 0.2) is 6.10 Å². The molecule has 9 heteroatoms. The standard InChI is InChI=1S/C82H131NO8/c1-6-8-10-12-14-16-18-20-22-24-26-28-30-32-34-36-38-40-42-44-46-48-50-52-54-56-58-60-62-64-66-68-70-72-79(84)89-76-78(77-90-82(81(86)87)88-75-74-83(3,4)5)91-80(85)73-71-69-67-65-63-61-59-57-55-53-51-49-47-45-43-41-39-37-35-33-31-29-27-25-23-21-19-17-15-13-11-9-7-2/h8-11,14-17,20-23,26-29,32-35,38-41,44-47,51,53,78,82H,6-7,12-13,18-19,24-25,30-31,36-37,42-43,48-50,52,54-77H2,1-5H3/p+1/b10-8-,11-9-,16-14-,17-15-,22-20-,23-21-,28-26-,29-27-,34-32-,35-33-,40-38-,41-39-,46-44-,47-45-,53-51-. The topological polar surface area (TPSA) is 108 Å². The van der Waals surface area contributed by atoms with Crippen molar-refractivity contribution >= 4 is 17.9 Å². The van der Waals surface area contributed by atoms with E-state index in [0.29, 0.717) is 17.4 Å². The van der Waals surface area contributed by atoms with Crippen LogP contribution in [0.3, 0.4) is 0 Å². The number of carboxylic acids is 1. The quantitative estimate of drug-likeness (QED) is 0.0211. The fraction of sp³-hybridized carbons (Fsp3) is 0.598. The van der Waals surface area contributed by atoms with Crippen LogP contribution in [0.2, 0.25) is 0 Å². The summed E-state index contributed by atoms with van der Waals surface area (Å²) in [6.07, 6.45) is 104. The van der Waals surface area contributed by atoms with E-state index in [2.05, 4.69) is 196 Å². The van der Waals surface area contributed by atoms with Crippen LogP contribution in [0.25, 0.3) is 0 Å². The molecule has 0 aliphatic heterocycles. The smallest absolute Gasteiger partial charge is 0.361 e. The molecule has 0 aromatic rings. The summed E-state index contributed by atoms with van der Waals surface area (Å²) in [5.74, 6) is -2.04. The number of likely N-dealkylation sites (N-methyl/N-ethyl adjacent to an activating group) is 1. The van der Waals surface area contributed by atoms with Crippen molar-refractivity contribution in [2.24, 2.45) is 0 Å². The van der Waals surface area contributed by atoms with Crippen LogP contribution < -0.4 is 0 Å². The zero-order chi connectivity index (χ0) is 66.1. The molecule has 0 amide bonds.